The quantitative estimate of drug-likeness (QED) is 0.851. The molecule has 2 aromatic rings. The molecule has 0 aliphatic carbocycles. The number of esters is 1. The molecule has 0 saturated heterocycles. The van der Waals surface area contributed by atoms with E-state index in [2.05, 4.69) is 14.7 Å². The van der Waals surface area contributed by atoms with E-state index in [1.807, 2.05) is 20.8 Å². The van der Waals surface area contributed by atoms with Gasteiger partial charge in [-0.15, -0.1) is 0 Å². The van der Waals surface area contributed by atoms with Gasteiger partial charge in [0.05, 0.1) is 12.8 Å². The molecule has 0 aliphatic rings. The molecule has 108 valence electrons. The lowest BCUT2D eigenvalue weighted by Crippen LogP contribution is -2.10. The highest BCUT2D eigenvalue weighted by atomic mass is 16.5. The lowest BCUT2D eigenvalue weighted by atomic mass is 10.4. The van der Waals surface area contributed by atoms with Crippen molar-refractivity contribution in [3.63, 3.8) is 0 Å². The Kier molecular flexibility index (Phi) is 3.78. The molecule has 2 aromatic heterocycles. The molecule has 2 rings (SSSR count). The average molecular weight is 278 g/mol. The molecular formula is C13H18N4O3. The maximum atomic E-state index is 11.6. The zero-order chi connectivity index (χ0) is 14.9. The van der Waals surface area contributed by atoms with Gasteiger partial charge >= 0.3 is 5.97 Å². The molecule has 20 heavy (non-hydrogen) atoms. The number of aryl methyl sites for hydroxylation is 3. The van der Waals surface area contributed by atoms with E-state index in [1.54, 1.807) is 4.57 Å². The van der Waals surface area contributed by atoms with E-state index in [0.717, 1.165) is 11.5 Å². The van der Waals surface area contributed by atoms with E-state index in [4.69, 9.17) is 10.2 Å². The van der Waals surface area contributed by atoms with Gasteiger partial charge < -0.3 is 19.5 Å². The van der Waals surface area contributed by atoms with Crippen LogP contribution in [0.25, 0.3) is 0 Å². The second-order valence-electron chi connectivity index (χ2n) is 4.44. The molecule has 0 fully saturated rings. The van der Waals surface area contributed by atoms with E-state index < -0.39 is 5.97 Å². The summed E-state index contributed by atoms with van der Waals surface area (Å²) in [5.41, 5.74) is 6.95. The van der Waals surface area contributed by atoms with Gasteiger partial charge in [-0.2, -0.15) is 0 Å². The minimum atomic E-state index is -0.546. The molecule has 0 bridgehead atoms. The number of nitrogen functional groups attached to an aromatic ring is 1. The smallest absolute Gasteiger partial charge is 0.360 e. The van der Waals surface area contributed by atoms with Crippen molar-refractivity contribution < 1.29 is 13.9 Å². The van der Waals surface area contributed by atoms with Crippen LogP contribution in [-0.4, -0.2) is 27.6 Å². The number of imidazole rings is 1. The Hall–Kier alpha value is -2.31. The van der Waals surface area contributed by atoms with Crippen molar-refractivity contribution >= 4 is 11.8 Å². The molecule has 0 atom stereocenters. The number of nitrogens with zero attached hydrogens (tertiary/aromatic N) is 3. The van der Waals surface area contributed by atoms with Crippen LogP contribution < -0.4 is 5.73 Å². The summed E-state index contributed by atoms with van der Waals surface area (Å²) in [5, 5.41) is 0. The van der Waals surface area contributed by atoms with Gasteiger partial charge in [0.15, 0.2) is 5.69 Å². The topological polar surface area (TPSA) is 96.2 Å². The van der Waals surface area contributed by atoms with Crippen LogP contribution in [0.5, 0.6) is 0 Å². The van der Waals surface area contributed by atoms with Crippen molar-refractivity contribution in [3.05, 3.63) is 28.9 Å². The number of ether oxygens (including phenoxy) is 1. The van der Waals surface area contributed by atoms with Gasteiger partial charge in [-0.05, 0) is 13.8 Å². The Morgan fingerprint density at radius 2 is 2.10 bits per heavy atom. The van der Waals surface area contributed by atoms with Crippen LogP contribution in [0.2, 0.25) is 0 Å². The lowest BCUT2D eigenvalue weighted by Gasteiger charge is -2.05. The first-order valence-corrected chi connectivity index (χ1v) is 6.34. The molecule has 0 saturated carbocycles. The van der Waals surface area contributed by atoms with Gasteiger partial charge in [-0.1, -0.05) is 6.92 Å². The molecule has 7 nitrogen and oxygen atoms in total. The van der Waals surface area contributed by atoms with Crippen LogP contribution in [0.3, 0.4) is 0 Å². The summed E-state index contributed by atoms with van der Waals surface area (Å²) in [6.07, 6.45) is 0.639. The predicted octanol–water partition coefficient (Wildman–Crippen LogP) is 1.47. The first-order chi connectivity index (χ1) is 9.47. The number of anilines is 1. The molecule has 0 unspecified atom stereocenters. The van der Waals surface area contributed by atoms with Crippen molar-refractivity contribution in [2.24, 2.45) is 0 Å². The highest BCUT2D eigenvalue weighted by Crippen LogP contribution is 2.19. The van der Waals surface area contributed by atoms with E-state index in [0.29, 0.717) is 24.7 Å². The fourth-order valence-corrected chi connectivity index (χ4v) is 1.95. The average Bonchev–Trinajstić information content (AvgIpc) is 2.91. The van der Waals surface area contributed by atoms with Gasteiger partial charge in [0.2, 0.25) is 5.89 Å². The zero-order valence-electron chi connectivity index (χ0n) is 12.1. The number of carbonyl (C=O) groups excluding carboxylic acids is 1. The van der Waals surface area contributed by atoms with E-state index in [1.165, 1.54) is 7.11 Å². The van der Waals surface area contributed by atoms with Gasteiger partial charge in [-0.3, -0.25) is 0 Å². The maximum absolute atomic E-state index is 11.6. The number of methoxy groups -OCH3 is 1. The molecule has 0 aromatic carbocycles. The maximum Gasteiger partial charge on any atom is 0.360 e. The highest BCUT2D eigenvalue weighted by molar-refractivity contribution is 5.92. The Bertz CT molecular complexity index is 623. The second kappa shape index (κ2) is 5.36. The molecule has 7 heteroatoms. The summed E-state index contributed by atoms with van der Waals surface area (Å²) in [7, 11) is 1.30. The Balaban J connectivity index is 2.40. The van der Waals surface area contributed by atoms with E-state index >= 15 is 0 Å². The fourth-order valence-electron chi connectivity index (χ4n) is 1.95. The van der Waals surface area contributed by atoms with Gasteiger partial charge in [0.25, 0.3) is 0 Å². The number of rotatable bonds is 4. The Morgan fingerprint density at radius 1 is 1.40 bits per heavy atom. The first kappa shape index (κ1) is 14.1. The third-order valence-corrected chi connectivity index (χ3v) is 3.15. The molecule has 0 radical (unpaired) electrons. The normalized spacial score (nSPS) is 10.8. The van der Waals surface area contributed by atoms with Crippen molar-refractivity contribution in [2.45, 2.75) is 33.7 Å². The fraction of sp³-hybridized carbons (Fsp3) is 0.462. The SMILES string of the molecule is CCc1nc(C(=O)OC)c(N)n1Cc1nc(C)c(C)o1. The number of hydrogen-bond donors (Lipinski definition) is 1. The van der Waals surface area contributed by atoms with Crippen molar-refractivity contribution in [3.8, 4) is 0 Å². The summed E-state index contributed by atoms with van der Waals surface area (Å²) < 4.78 is 11.9. The van der Waals surface area contributed by atoms with Crippen LogP contribution in [0, 0.1) is 13.8 Å². The predicted molar refractivity (Wildman–Crippen MR) is 72.4 cm³/mol. The largest absolute Gasteiger partial charge is 0.464 e. The van der Waals surface area contributed by atoms with Crippen molar-refractivity contribution in [1.29, 1.82) is 0 Å². The zero-order valence-corrected chi connectivity index (χ0v) is 12.1. The second-order valence-corrected chi connectivity index (χ2v) is 4.44. The molecule has 2 heterocycles. The van der Waals surface area contributed by atoms with E-state index in [-0.39, 0.29) is 11.5 Å². The number of aromatic nitrogens is 3. The number of nitrogens with two attached hydrogens (primary N) is 1. The van der Waals surface area contributed by atoms with Crippen molar-refractivity contribution in [1.82, 2.24) is 14.5 Å². The number of oxazole rings is 1. The standard InChI is InChI=1S/C13H18N4O3/c1-5-9-16-11(13(18)19-4)12(14)17(9)6-10-15-7(2)8(3)20-10/h5-6,14H2,1-4H3. The molecule has 2 N–H and O–H groups in total. The molecular weight excluding hydrogens is 260 g/mol. The summed E-state index contributed by atoms with van der Waals surface area (Å²) >= 11 is 0. The number of hydrogen-bond acceptors (Lipinski definition) is 6. The van der Waals surface area contributed by atoms with Crippen molar-refractivity contribution in [2.75, 3.05) is 12.8 Å². The third kappa shape index (κ3) is 2.38. The third-order valence-electron chi connectivity index (χ3n) is 3.15. The van der Waals surface area contributed by atoms with E-state index in [9.17, 15) is 4.79 Å². The van der Waals surface area contributed by atoms with Gasteiger partial charge in [0.1, 0.15) is 23.9 Å². The lowest BCUT2D eigenvalue weighted by molar-refractivity contribution is 0.0595. The Morgan fingerprint density at radius 3 is 2.60 bits per heavy atom. The highest BCUT2D eigenvalue weighted by Gasteiger charge is 2.21. The molecule has 0 aliphatic heterocycles. The van der Waals surface area contributed by atoms with Crippen LogP contribution in [0.4, 0.5) is 5.82 Å². The minimum Gasteiger partial charge on any atom is -0.464 e. The molecule has 0 amide bonds. The van der Waals surface area contributed by atoms with Crippen LogP contribution in [0.15, 0.2) is 4.42 Å². The summed E-state index contributed by atoms with van der Waals surface area (Å²) in [4.78, 5) is 20.1. The van der Waals surface area contributed by atoms with Crippen LogP contribution in [-0.2, 0) is 17.7 Å². The minimum absolute atomic E-state index is 0.129. The van der Waals surface area contributed by atoms with Gasteiger partial charge in [-0.25, -0.2) is 14.8 Å². The summed E-state index contributed by atoms with van der Waals surface area (Å²) in [5.74, 6) is 1.72. The monoisotopic (exact) mass is 278 g/mol. The van der Waals surface area contributed by atoms with Gasteiger partial charge in [0, 0.05) is 6.42 Å². The Labute approximate surface area is 116 Å². The summed E-state index contributed by atoms with van der Waals surface area (Å²) in [6, 6.07) is 0. The van der Waals surface area contributed by atoms with Crippen LogP contribution in [0.1, 0.15) is 40.6 Å². The molecule has 0 spiro atoms. The van der Waals surface area contributed by atoms with Crippen LogP contribution >= 0.6 is 0 Å². The summed E-state index contributed by atoms with van der Waals surface area (Å²) in [6.45, 7) is 6.00. The first-order valence-electron chi connectivity index (χ1n) is 6.34. The number of carbonyl (C=O) groups is 1.